The van der Waals surface area contributed by atoms with Gasteiger partial charge in [-0.25, -0.2) is 4.79 Å². The Morgan fingerprint density at radius 2 is 1.93 bits per heavy atom. The van der Waals surface area contributed by atoms with Gasteiger partial charge in [-0.2, -0.15) is 0 Å². The summed E-state index contributed by atoms with van der Waals surface area (Å²) in [5.41, 5.74) is 0.209. The van der Waals surface area contributed by atoms with E-state index in [2.05, 4.69) is 5.32 Å². The highest BCUT2D eigenvalue weighted by Crippen LogP contribution is 2.32. The van der Waals surface area contributed by atoms with Crippen LogP contribution in [-0.4, -0.2) is 40.7 Å². The van der Waals surface area contributed by atoms with Crippen molar-refractivity contribution in [1.29, 1.82) is 0 Å². The lowest BCUT2D eigenvalue weighted by Gasteiger charge is -2.11. The fourth-order valence-corrected chi connectivity index (χ4v) is 2.20. The summed E-state index contributed by atoms with van der Waals surface area (Å²) in [6, 6.07) is 5.83. The van der Waals surface area contributed by atoms with Gasteiger partial charge in [0.1, 0.15) is 17.1 Å². The largest absolute Gasteiger partial charge is 0.508 e. The van der Waals surface area contributed by atoms with Crippen LogP contribution < -0.4 is 10.1 Å². The van der Waals surface area contributed by atoms with Crippen molar-refractivity contribution in [2.75, 3.05) is 19.0 Å². The number of hydrogen-bond acceptors (Lipinski definition) is 8. The number of anilines is 1. The summed E-state index contributed by atoms with van der Waals surface area (Å²) in [5, 5.41) is 32.2. The third kappa shape index (κ3) is 4.63. The summed E-state index contributed by atoms with van der Waals surface area (Å²) >= 11 is 0. The predicted molar refractivity (Wildman–Crippen MR) is 93.1 cm³/mol. The zero-order valence-corrected chi connectivity index (χ0v) is 14.4. The number of nitrogens with zero attached hydrogens (tertiary/aromatic N) is 1. The van der Waals surface area contributed by atoms with Crippen molar-refractivity contribution in [2.24, 2.45) is 0 Å². The first-order valence-corrected chi connectivity index (χ1v) is 7.55. The van der Waals surface area contributed by atoms with Crippen LogP contribution in [0, 0.1) is 17.0 Å². The smallest absolute Gasteiger partial charge is 0.342 e. The lowest BCUT2D eigenvalue weighted by Crippen LogP contribution is -2.21. The van der Waals surface area contributed by atoms with Crippen LogP contribution in [0.4, 0.5) is 11.4 Å². The molecule has 10 nitrogen and oxygen atoms in total. The number of nitro groups is 1. The molecule has 3 N–H and O–H groups in total. The second-order valence-electron chi connectivity index (χ2n) is 5.42. The van der Waals surface area contributed by atoms with Gasteiger partial charge in [0, 0.05) is 23.9 Å². The predicted octanol–water partition coefficient (Wildman–Crippen LogP) is 2.12. The van der Waals surface area contributed by atoms with Crippen LogP contribution in [0.5, 0.6) is 17.2 Å². The van der Waals surface area contributed by atoms with Crippen molar-refractivity contribution >= 4 is 23.3 Å². The van der Waals surface area contributed by atoms with Gasteiger partial charge in [-0.15, -0.1) is 0 Å². The summed E-state index contributed by atoms with van der Waals surface area (Å²) in [7, 11) is 1.26. The second kappa shape index (κ2) is 8.04. The van der Waals surface area contributed by atoms with E-state index in [1.165, 1.54) is 25.3 Å². The zero-order valence-electron chi connectivity index (χ0n) is 14.4. The molecule has 142 valence electrons. The van der Waals surface area contributed by atoms with Gasteiger partial charge in [-0.1, -0.05) is 0 Å². The van der Waals surface area contributed by atoms with Crippen molar-refractivity contribution in [3.8, 4) is 17.2 Å². The number of amides is 1. The minimum atomic E-state index is -0.958. The Bertz CT molecular complexity index is 910. The quantitative estimate of drug-likeness (QED) is 0.394. The molecule has 0 aromatic heterocycles. The molecule has 10 heteroatoms. The van der Waals surface area contributed by atoms with E-state index < -0.39 is 29.2 Å². The molecule has 2 aromatic rings. The van der Waals surface area contributed by atoms with E-state index in [-0.39, 0.29) is 28.4 Å². The molecule has 0 unspecified atom stereocenters. The third-order valence-electron chi connectivity index (χ3n) is 3.53. The fourth-order valence-electron chi connectivity index (χ4n) is 2.20. The van der Waals surface area contributed by atoms with E-state index in [0.717, 1.165) is 12.1 Å². The number of phenolic OH excluding ortho intramolecular Hbond substituents is 2. The summed E-state index contributed by atoms with van der Waals surface area (Å²) in [5.74, 6) is -2.41. The van der Waals surface area contributed by atoms with Crippen LogP contribution in [0.2, 0.25) is 0 Å². The van der Waals surface area contributed by atoms with Crippen molar-refractivity contribution in [3.63, 3.8) is 0 Å². The number of carbonyl (C=O) groups excluding carboxylic acids is 2. The summed E-state index contributed by atoms with van der Waals surface area (Å²) in [6.45, 7) is 0.903. The Morgan fingerprint density at radius 3 is 2.52 bits per heavy atom. The number of aromatic hydroxyl groups is 2. The van der Waals surface area contributed by atoms with Crippen LogP contribution in [0.15, 0.2) is 30.3 Å². The maximum atomic E-state index is 12.0. The molecule has 0 spiro atoms. The minimum absolute atomic E-state index is 0.0353. The minimum Gasteiger partial charge on any atom is -0.508 e. The molecule has 27 heavy (non-hydrogen) atoms. The van der Waals surface area contributed by atoms with Gasteiger partial charge in [0.05, 0.1) is 12.0 Å². The Hall–Kier alpha value is -3.82. The molecule has 0 aliphatic rings. The van der Waals surface area contributed by atoms with Gasteiger partial charge in [-0.3, -0.25) is 14.9 Å². The van der Waals surface area contributed by atoms with Crippen LogP contribution in [-0.2, 0) is 9.53 Å². The van der Waals surface area contributed by atoms with Crippen LogP contribution in [0.25, 0.3) is 0 Å². The molecule has 0 atom stereocenters. The third-order valence-corrected chi connectivity index (χ3v) is 3.53. The number of phenols is 2. The number of carbonyl (C=O) groups is 2. The number of esters is 1. The lowest BCUT2D eigenvalue weighted by molar-refractivity contribution is -0.385. The lowest BCUT2D eigenvalue weighted by atomic mass is 10.1. The number of methoxy groups -OCH3 is 1. The highest BCUT2D eigenvalue weighted by Gasteiger charge is 2.19. The van der Waals surface area contributed by atoms with E-state index in [0.29, 0.717) is 5.56 Å². The first-order chi connectivity index (χ1) is 12.7. The van der Waals surface area contributed by atoms with Crippen LogP contribution >= 0.6 is 0 Å². The summed E-state index contributed by atoms with van der Waals surface area (Å²) in [4.78, 5) is 34.2. The topological polar surface area (TPSA) is 148 Å². The average Bonchev–Trinajstić information content (AvgIpc) is 2.60. The molecule has 2 aromatic carbocycles. The molecular formula is C17H16N2O8. The van der Waals surface area contributed by atoms with Crippen molar-refractivity contribution in [1.82, 2.24) is 0 Å². The standard InChI is InChI=1S/C17H16N2O8/c1-9-5-13(19(24)25)15(26-2)7-12(9)18-16(22)8-27-17(23)11-4-3-10(20)6-14(11)21/h3-7,20-21H,8H2,1-2H3,(H,18,22). The summed E-state index contributed by atoms with van der Waals surface area (Å²) in [6.07, 6.45) is 0. The van der Waals surface area contributed by atoms with Crippen molar-refractivity contribution in [2.45, 2.75) is 6.92 Å². The van der Waals surface area contributed by atoms with E-state index in [1.807, 2.05) is 0 Å². The number of nitro benzene ring substituents is 1. The van der Waals surface area contributed by atoms with E-state index in [9.17, 15) is 29.9 Å². The SMILES string of the molecule is COc1cc(NC(=O)COC(=O)c2ccc(O)cc2O)c(C)cc1[N+](=O)[O-]. The molecule has 0 heterocycles. The highest BCUT2D eigenvalue weighted by molar-refractivity contribution is 5.97. The van der Waals surface area contributed by atoms with E-state index >= 15 is 0 Å². The number of hydrogen-bond donors (Lipinski definition) is 3. The van der Waals surface area contributed by atoms with Gasteiger partial charge in [0.15, 0.2) is 12.4 Å². The van der Waals surface area contributed by atoms with Gasteiger partial charge in [-0.05, 0) is 24.6 Å². The molecule has 0 radical (unpaired) electrons. The summed E-state index contributed by atoms with van der Waals surface area (Å²) < 4.78 is 9.75. The Kier molecular flexibility index (Phi) is 5.81. The molecular weight excluding hydrogens is 360 g/mol. The first kappa shape index (κ1) is 19.5. The van der Waals surface area contributed by atoms with E-state index in [1.54, 1.807) is 6.92 Å². The molecule has 1 amide bonds. The van der Waals surface area contributed by atoms with Gasteiger partial charge < -0.3 is 25.0 Å². The molecule has 0 saturated carbocycles. The molecule has 0 saturated heterocycles. The van der Waals surface area contributed by atoms with Gasteiger partial charge in [0.25, 0.3) is 5.91 Å². The maximum Gasteiger partial charge on any atom is 0.342 e. The Balaban J connectivity index is 2.05. The van der Waals surface area contributed by atoms with E-state index in [4.69, 9.17) is 9.47 Å². The van der Waals surface area contributed by atoms with Gasteiger partial charge in [0.2, 0.25) is 0 Å². The monoisotopic (exact) mass is 376 g/mol. The number of rotatable bonds is 6. The van der Waals surface area contributed by atoms with Crippen molar-refractivity contribution in [3.05, 3.63) is 51.6 Å². The highest BCUT2D eigenvalue weighted by atomic mass is 16.6. The van der Waals surface area contributed by atoms with Crippen LogP contribution in [0.3, 0.4) is 0 Å². The van der Waals surface area contributed by atoms with Crippen LogP contribution in [0.1, 0.15) is 15.9 Å². The second-order valence-corrected chi connectivity index (χ2v) is 5.42. The first-order valence-electron chi connectivity index (χ1n) is 7.55. The van der Waals surface area contributed by atoms with Crippen molar-refractivity contribution < 1.29 is 34.2 Å². The number of nitrogens with one attached hydrogen (secondary N) is 1. The molecule has 0 aliphatic carbocycles. The molecule has 2 rings (SSSR count). The Labute approximate surface area is 153 Å². The number of aryl methyl sites for hydroxylation is 1. The fraction of sp³-hybridized carbons (Fsp3) is 0.176. The van der Waals surface area contributed by atoms with Gasteiger partial charge >= 0.3 is 11.7 Å². The molecule has 0 fully saturated rings. The number of ether oxygens (including phenoxy) is 2. The maximum absolute atomic E-state index is 12.0. The Morgan fingerprint density at radius 1 is 1.22 bits per heavy atom. The molecule has 0 bridgehead atoms. The normalized spacial score (nSPS) is 10.1. The zero-order chi connectivity index (χ0) is 20.1. The molecule has 0 aliphatic heterocycles. The average molecular weight is 376 g/mol. The number of benzene rings is 2.